The molecule has 5 nitrogen and oxygen atoms in total. The van der Waals surface area contributed by atoms with Crippen molar-refractivity contribution in [2.75, 3.05) is 5.32 Å². The number of nitrogens with one attached hydrogen (secondary N) is 2. The normalized spacial score (nSPS) is 10.7. The number of H-pyrrole nitrogens is 1. The molecular weight excluding hydrogens is 396 g/mol. The second-order valence-corrected chi connectivity index (χ2v) is 7.04. The maximum absolute atomic E-state index is 12.1. The first-order valence-corrected chi connectivity index (χ1v) is 8.96. The molecule has 23 heavy (non-hydrogen) atoms. The van der Waals surface area contributed by atoms with E-state index in [-0.39, 0.29) is 5.91 Å². The summed E-state index contributed by atoms with van der Waals surface area (Å²) < 4.78 is 3.34. The number of hydrogen-bond acceptors (Lipinski definition) is 4. The molecule has 0 unspecified atom stereocenters. The zero-order valence-corrected chi connectivity index (χ0v) is 15.2. The van der Waals surface area contributed by atoms with E-state index in [0.717, 1.165) is 20.9 Å². The lowest BCUT2D eigenvalue weighted by molar-refractivity contribution is -0.116. The third-order valence-corrected chi connectivity index (χ3v) is 4.90. The quantitative estimate of drug-likeness (QED) is 0.612. The van der Waals surface area contributed by atoms with Crippen LogP contribution in [0.2, 0.25) is 0 Å². The Kier molecular flexibility index (Phi) is 5.04. The highest BCUT2D eigenvalue weighted by Crippen LogP contribution is 2.23. The minimum absolute atomic E-state index is 0.0625. The number of carbonyl (C=O) groups is 1. The van der Waals surface area contributed by atoms with Gasteiger partial charge in [0.2, 0.25) is 5.91 Å². The molecule has 8 heteroatoms. The summed E-state index contributed by atoms with van der Waals surface area (Å²) in [6, 6.07) is 11.4. The molecule has 118 valence electrons. The lowest BCUT2D eigenvalue weighted by atomic mass is 10.3. The molecule has 0 fully saturated rings. The summed E-state index contributed by atoms with van der Waals surface area (Å²) in [6.07, 6.45) is 0.322. The van der Waals surface area contributed by atoms with E-state index in [1.807, 2.05) is 46.3 Å². The van der Waals surface area contributed by atoms with Crippen molar-refractivity contribution in [1.29, 1.82) is 0 Å². The van der Waals surface area contributed by atoms with Crippen LogP contribution in [0.5, 0.6) is 0 Å². The molecule has 0 aliphatic carbocycles. The average Bonchev–Trinajstić information content (AvgIpc) is 3.17. The second kappa shape index (κ2) is 7.20. The fraction of sp³-hybridized carbons (Fsp3) is 0.133. The van der Waals surface area contributed by atoms with Gasteiger partial charge >= 0.3 is 0 Å². The van der Waals surface area contributed by atoms with Crippen LogP contribution in [0.15, 0.2) is 46.3 Å². The SMILES string of the molecule is O=C(CCn1c(-c2cccs2)n[nH]c1=S)Nc1ccc(Br)cc1. The van der Waals surface area contributed by atoms with E-state index >= 15 is 0 Å². The smallest absolute Gasteiger partial charge is 0.226 e. The van der Waals surface area contributed by atoms with Gasteiger partial charge in [0.1, 0.15) is 0 Å². The monoisotopic (exact) mass is 408 g/mol. The minimum Gasteiger partial charge on any atom is -0.326 e. The average molecular weight is 409 g/mol. The number of thiophene rings is 1. The largest absolute Gasteiger partial charge is 0.326 e. The van der Waals surface area contributed by atoms with Gasteiger partial charge in [-0.1, -0.05) is 22.0 Å². The number of halogens is 1. The van der Waals surface area contributed by atoms with Crippen LogP contribution in [-0.2, 0) is 11.3 Å². The Bertz CT molecular complexity index is 852. The Morgan fingerprint density at radius 2 is 2.13 bits per heavy atom. The molecule has 0 radical (unpaired) electrons. The summed E-state index contributed by atoms with van der Waals surface area (Å²) in [6.45, 7) is 0.477. The van der Waals surface area contributed by atoms with Crippen molar-refractivity contribution in [3.05, 3.63) is 51.0 Å². The molecule has 0 saturated heterocycles. The van der Waals surface area contributed by atoms with Gasteiger partial charge in [0.15, 0.2) is 10.6 Å². The zero-order valence-electron chi connectivity index (χ0n) is 12.0. The molecule has 0 atom stereocenters. The van der Waals surface area contributed by atoms with Crippen molar-refractivity contribution in [2.45, 2.75) is 13.0 Å². The van der Waals surface area contributed by atoms with Gasteiger partial charge < -0.3 is 5.32 Å². The molecule has 3 aromatic rings. The van der Waals surface area contributed by atoms with Gasteiger partial charge in [0.25, 0.3) is 0 Å². The van der Waals surface area contributed by atoms with E-state index in [0.29, 0.717) is 17.7 Å². The molecule has 0 aliphatic rings. The molecule has 3 rings (SSSR count). The number of nitrogens with zero attached hydrogens (tertiary/aromatic N) is 2. The Morgan fingerprint density at radius 1 is 1.35 bits per heavy atom. The highest BCUT2D eigenvalue weighted by molar-refractivity contribution is 9.10. The number of aromatic nitrogens is 3. The number of carbonyl (C=O) groups excluding carboxylic acids is 1. The topological polar surface area (TPSA) is 62.7 Å². The molecule has 2 aromatic heterocycles. The van der Waals surface area contributed by atoms with Gasteiger partial charge in [-0.25, -0.2) is 0 Å². The number of anilines is 1. The lowest BCUT2D eigenvalue weighted by Gasteiger charge is -2.07. The Balaban J connectivity index is 1.67. The van der Waals surface area contributed by atoms with Gasteiger partial charge in [-0.05, 0) is 47.9 Å². The van der Waals surface area contributed by atoms with Crippen LogP contribution in [0, 0.1) is 4.77 Å². The van der Waals surface area contributed by atoms with Crippen molar-refractivity contribution in [3.63, 3.8) is 0 Å². The zero-order chi connectivity index (χ0) is 16.2. The molecule has 1 aromatic carbocycles. The summed E-state index contributed by atoms with van der Waals surface area (Å²) in [5, 5.41) is 11.9. The van der Waals surface area contributed by atoms with Gasteiger partial charge in [0, 0.05) is 23.1 Å². The van der Waals surface area contributed by atoms with Crippen LogP contribution in [0.25, 0.3) is 10.7 Å². The predicted molar refractivity (Wildman–Crippen MR) is 98.1 cm³/mol. The van der Waals surface area contributed by atoms with Crippen LogP contribution in [-0.4, -0.2) is 20.7 Å². The van der Waals surface area contributed by atoms with Crippen molar-refractivity contribution >= 4 is 51.1 Å². The van der Waals surface area contributed by atoms with E-state index in [1.54, 1.807) is 11.3 Å². The van der Waals surface area contributed by atoms with Gasteiger partial charge in [-0.15, -0.1) is 11.3 Å². The summed E-state index contributed by atoms with van der Waals surface area (Å²) in [5.41, 5.74) is 0.771. The first-order chi connectivity index (χ1) is 11.1. The Labute approximate surface area is 150 Å². The number of rotatable bonds is 5. The van der Waals surface area contributed by atoms with Gasteiger partial charge in [-0.2, -0.15) is 5.10 Å². The van der Waals surface area contributed by atoms with Crippen LogP contribution in [0.4, 0.5) is 5.69 Å². The summed E-state index contributed by atoms with van der Waals surface area (Å²) in [7, 11) is 0. The van der Waals surface area contributed by atoms with Crippen molar-refractivity contribution in [3.8, 4) is 10.7 Å². The Morgan fingerprint density at radius 3 is 2.83 bits per heavy atom. The molecule has 0 bridgehead atoms. The molecule has 2 heterocycles. The number of benzene rings is 1. The number of hydrogen-bond donors (Lipinski definition) is 2. The van der Waals surface area contributed by atoms with Gasteiger partial charge in [-0.3, -0.25) is 14.5 Å². The van der Waals surface area contributed by atoms with Crippen LogP contribution >= 0.6 is 39.5 Å². The fourth-order valence-electron chi connectivity index (χ4n) is 2.09. The van der Waals surface area contributed by atoms with E-state index in [9.17, 15) is 4.79 Å². The molecule has 0 saturated carbocycles. The first kappa shape index (κ1) is 16.1. The van der Waals surface area contributed by atoms with Crippen molar-refractivity contribution < 1.29 is 4.79 Å². The highest BCUT2D eigenvalue weighted by atomic mass is 79.9. The maximum atomic E-state index is 12.1. The molecule has 0 aliphatic heterocycles. The van der Waals surface area contributed by atoms with Crippen molar-refractivity contribution in [1.82, 2.24) is 14.8 Å². The van der Waals surface area contributed by atoms with E-state index in [2.05, 4.69) is 31.4 Å². The summed E-state index contributed by atoms with van der Waals surface area (Å²) in [5.74, 6) is 0.703. The van der Waals surface area contributed by atoms with Crippen LogP contribution in [0.3, 0.4) is 0 Å². The minimum atomic E-state index is -0.0625. The molecule has 2 N–H and O–H groups in total. The van der Waals surface area contributed by atoms with E-state index < -0.39 is 0 Å². The lowest BCUT2D eigenvalue weighted by Crippen LogP contribution is -2.15. The third kappa shape index (κ3) is 3.95. The van der Waals surface area contributed by atoms with E-state index in [4.69, 9.17) is 12.2 Å². The number of amides is 1. The van der Waals surface area contributed by atoms with Crippen LogP contribution < -0.4 is 5.32 Å². The van der Waals surface area contributed by atoms with Crippen LogP contribution in [0.1, 0.15) is 6.42 Å². The fourth-order valence-corrected chi connectivity index (χ4v) is 3.30. The van der Waals surface area contributed by atoms with E-state index in [1.165, 1.54) is 0 Å². The molecule has 0 spiro atoms. The van der Waals surface area contributed by atoms with Crippen molar-refractivity contribution in [2.24, 2.45) is 0 Å². The predicted octanol–water partition coefficient (Wildman–Crippen LogP) is 4.46. The highest BCUT2D eigenvalue weighted by Gasteiger charge is 2.11. The molecule has 1 amide bonds. The maximum Gasteiger partial charge on any atom is 0.226 e. The Hall–Kier alpha value is -1.77. The summed E-state index contributed by atoms with van der Waals surface area (Å²) >= 11 is 10.2. The third-order valence-electron chi connectivity index (χ3n) is 3.19. The second-order valence-electron chi connectivity index (χ2n) is 4.79. The summed E-state index contributed by atoms with van der Waals surface area (Å²) in [4.78, 5) is 13.1. The van der Waals surface area contributed by atoms with Gasteiger partial charge in [0.05, 0.1) is 4.88 Å². The standard InChI is InChI=1S/C15H13BrN4OS2/c16-10-3-5-11(6-4-10)17-13(21)7-8-20-14(18-19-15(20)22)12-2-1-9-23-12/h1-6,9H,7-8H2,(H,17,21)(H,19,22). The molecular formula is C15H13BrN4OS2. The number of aromatic amines is 1. The first-order valence-electron chi connectivity index (χ1n) is 6.88.